The lowest BCUT2D eigenvalue weighted by molar-refractivity contribution is 0.252. The maximum absolute atomic E-state index is 11.8. The van der Waals surface area contributed by atoms with Crippen LogP contribution in [0, 0.1) is 13.8 Å². The Morgan fingerprint density at radius 2 is 1.71 bits per heavy atom. The fourth-order valence-corrected chi connectivity index (χ4v) is 2.02. The predicted octanol–water partition coefficient (Wildman–Crippen LogP) is 3.25. The molecule has 2 aromatic carbocycles. The van der Waals surface area contributed by atoms with Crippen LogP contribution in [0.4, 0.5) is 16.2 Å². The quantitative estimate of drug-likeness (QED) is 0.754. The average molecular weight is 283 g/mol. The van der Waals surface area contributed by atoms with E-state index in [2.05, 4.69) is 41.8 Å². The summed E-state index contributed by atoms with van der Waals surface area (Å²) in [7, 11) is 0. The second-order valence-electron chi connectivity index (χ2n) is 5.21. The number of anilines is 2. The molecule has 0 fully saturated rings. The minimum atomic E-state index is -0.237. The van der Waals surface area contributed by atoms with Gasteiger partial charge in [-0.3, -0.25) is 0 Å². The molecule has 0 aliphatic heterocycles. The predicted molar refractivity (Wildman–Crippen MR) is 87.5 cm³/mol. The van der Waals surface area contributed by atoms with E-state index in [1.165, 1.54) is 11.1 Å². The summed E-state index contributed by atoms with van der Waals surface area (Å²) < 4.78 is 0. The third-order valence-electron chi connectivity index (χ3n) is 3.28. The summed E-state index contributed by atoms with van der Waals surface area (Å²) >= 11 is 0. The number of carbonyl (C=O) groups excluding carboxylic acids is 1. The standard InChI is InChI=1S/C17H21N3O/c1-12-3-6-14(7-4-12)9-10-19-17(21)20-16-11-13(2)5-8-15(16)18/h3-8,11H,9-10,18H2,1-2H3,(H2,19,20,21). The van der Waals surface area contributed by atoms with Gasteiger partial charge in [-0.05, 0) is 43.5 Å². The molecular formula is C17H21N3O. The van der Waals surface area contributed by atoms with Crippen LogP contribution in [0.15, 0.2) is 42.5 Å². The number of urea groups is 1. The molecule has 4 nitrogen and oxygen atoms in total. The zero-order valence-corrected chi connectivity index (χ0v) is 12.4. The molecule has 0 bridgehead atoms. The number of carbonyl (C=O) groups is 1. The highest BCUT2D eigenvalue weighted by molar-refractivity contribution is 5.92. The van der Waals surface area contributed by atoms with Crippen LogP contribution in [-0.2, 0) is 6.42 Å². The molecule has 4 heteroatoms. The molecule has 0 unspecified atom stereocenters. The number of nitrogen functional groups attached to an aromatic ring is 1. The molecule has 21 heavy (non-hydrogen) atoms. The van der Waals surface area contributed by atoms with E-state index in [-0.39, 0.29) is 6.03 Å². The van der Waals surface area contributed by atoms with Crippen molar-refractivity contribution in [3.8, 4) is 0 Å². The molecule has 0 aliphatic carbocycles. The van der Waals surface area contributed by atoms with Crippen LogP contribution >= 0.6 is 0 Å². The van der Waals surface area contributed by atoms with E-state index in [4.69, 9.17) is 5.73 Å². The second kappa shape index (κ2) is 6.79. The first kappa shape index (κ1) is 14.9. The van der Waals surface area contributed by atoms with Gasteiger partial charge in [0.1, 0.15) is 0 Å². The van der Waals surface area contributed by atoms with Crippen molar-refractivity contribution in [2.75, 3.05) is 17.6 Å². The van der Waals surface area contributed by atoms with E-state index in [1.54, 1.807) is 6.07 Å². The van der Waals surface area contributed by atoms with Gasteiger partial charge >= 0.3 is 6.03 Å². The fourth-order valence-electron chi connectivity index (χ4n) is 2.02. The normalized spacial score (nSPS) is 10.2. The van der Waals surface area contributed by atoms with E-state index in [0.717, 1.165) is 12.0 Å². The van der Waals surface area contributed by atoms with Crippen molar-refractivity contribution in [1.29, 1.82) is 0 Å². The maximum Gasteiger partial charge on any atom is 0.319 e. The van der Waals surface area contributed by atoms with Crippen molar-refractivity contribution < 1.29 is 4.79 Å². The Labute approximate surface area is 125 Å². The van der Waals surface area contributed by atoms with Crippen LogP contribution in [0.2, 0.25) is 0 Å². The van der Waals surface area contributed by atoms with Crippen molar-refractivity contribution in [2.24, 2.45) is 0 Å². The SMILES string of the molecule is Cc1ccc(CCNC(=O)Nc2cc(C)ccc2N)cc1. The number of aryl methyl sites for hydroxylation is 2. The first-order chi connectivity index (χ1) is 10.0. The summed E-state index contributed by atoms with van der Waals surface area (Å²) in [6.45, 7) is 4.60. The molecule has 2 aromatic rings. The molecule has 2 rings (SSSR count). The minimum Gasteiger partial charge on any atom is -0.397 e. The monoisotopic (exact) mass is 283 g/mol. The molecule has 0 saturated carbocycles. The van der Waals surface area contributed by atoms with Crippen LogP contribution in [0.5, 0.6) is 0 Å². The topological polar surface area (TPSA) is 67.2 Å². The lowest BCUT2D eigenvalue weighted by atomic mass is 10.1. The molecule has 110 valence electrons. The van der Waals surface area contributed by atoms with E-state index in [9.17, 15) is 4.79 Å². The molecule has 0 radical (unpaired) electrons. The van der Waals surface area contributed by atoms with Gasteiger partial charge in [-0.25, -0.2) is 4.79 Å². The van der Waals surface area contributed by atoms with Crippen LogP contribution < -0.4 is 16.4 Å². The number of hydrogen-bond donors (Lipinski definition) is 3. The molecule has 0 atom stereocenters. The van der Waals surface area contributed by atoms with Crippen LogP contribution in [0.3, 0.4) is 0 Å². The molecule has 0 spiro atoms. The Morgan fingerprint density at radius 1 is 1.05 bits per heavy atom. The van der Waals surface area contributed by atoms with Crippen LogP contribution in [-0.4, -0.2) is 12.6 Å². The molecule has 2 amide bonds. The largest absolute Gasteiger partial charge is 0.397 e. The Bertz CT molecular complexity index is 620. The Hall–Kier alpha value is -2.49. The molecule has 0 aromatic heterocycles. The number of amides is 2. The summed E-state index contributed by atoms with van der Waals surface area (Å²) in [5.41, 5.74) is 10.5. The third kappa shape index (κ3) is 4.53. The van der Waals surface area contributed by atoms with Gasteiger partial charge in [0.05, 0.1) is 11.4 Å². The second-order valence-corrected chi connectivity index (χ2v) is 5.21. The van der Waals surface area contributed by atoms with Gasteiger partial charge in [-0.15, -0.1) is 0 Å². The summed E-state index contributed by atoms with van der Waals surface area (Å²) in [5, 5.41) is 5.61. The van der Waals surface area contributed by atoms with Crippen molar-refractivity contribution in [3.05, 3.63) is 59.2 Å². The Balaban J connectivity index is 1.82. The van der Waals surface area contributed by atoms with Crippen LogP contribution in [0.1, 0.15) is 16.7 Å². The van der Waals surface area contributed by atoms with Crippen molar-refractivity contribution in [1.82, 2.24) is 5.32 Å². The first-order valence-electron chi connectivity index (χ1n) is 7.01. The van der Waals surface area contributed by atoms with E-state index in [1.807, 2.05) is 19.1 Å². The van der Waals surface area contributed by atoms with Gasteiger partial charge in [0.2, 0.25) is 0 Å². The number of rotatable bonds is 4. The van der Waals surface area contributed by atoms with Gasteiger partial charge in [0.25, 0.3) is 0 Å². The number of benzene rings is 2. The van der Waals surface area contributed by atoms with Gasteiger partial charge in [-0.2, -0.15) is 0 Å². The van der Waals surface area contributed by atoms with Crippen molar-refractivity contribution in [2.45, 2.75) is 20.3 Å². The molecular weight excluding hydrogens is 262 g/mol. The highest BCUT2D eigenvalue weighted by Gasteiger charge is 2.04. The zero-order chi connectivity index (χ0) is 15.2. The van der Waals surface area contributed by atoms with E-state index in [0.29, 0.717) is 17.9 Å². The molecule has 4 N–H and O–H groups in total. The molecule has 0 saturated heterocycles. The summed E-state index contributed by atoms with van der Waals surface area (Å²) in [4.78, 5) is 11.8. The van der Waals surface area contributed by atoms with Gasteiger partial charge < -0.3 is 16.4 Å². The van der Waals surface area contributed by atoms with Gasteiger partial charge in [0.15, 0.2) is 0 Å². The Kier molecular flexibility index (Phi) is 4.82. The smallest absolute Gasteiger partial charge is 0.319 e. The van der Waals surface area contributed by atoms with Crippen molar-refractivity contribution in [3.63, 3.8) is 0 Å². The molecule has 0 aliphatic rings. The first-order valence-corrected chi connectivity index (χ1v) is 7.01. The summed E-state index contributed by atoms with van der Waals surface area (Å²) in [5.74, 6) is 0. The lowest BCUT2D eigenvalue weighted by Gasteiger charge is -2.10. The van der Waals surface area contributed by atoms with Gasteiger partial charge in [-0.1, -0.05) is 35.9 Å². The summed E-state index contributed by atoms with van der Waals surface area (Å²) in [6.07, 6.45) is 0.803. The molecule has 0 heterocycles. The fraction of sp³-hybridized carbons (Fsp3) is 0.235. The summed E-state index contributed by atoms with van der Waals surface area (Å²) in [6, 6.07) is 13.6. The minimum absolute atomic E-state index is 0.237. The maximum atomic E-state index is 11.8. The average Bonchev–Trinajstić information content (AvgIpc) is 2.45. The lowest BCUT2D eigenvalue weighted by Crippen LogP contribution is -2.30. The number of nitrogens with two attached hydrogens (primary N) is 1. The third-order valence-corrected chi connectivity index (χ3v) is 3.28. The zero-order valence-electron chi connectivity index (χ0n) is 12.4. The highest BCUT2D eigenvalue weighted by Crippen LogP contribution is 2.19. The van der Waals surface area contributed by atoms with Crippen molar-refractivity contribution >= 4 is 17.4 Å². The number of nitrogens with one attached hydrogen (secondary N) is 2. The highest BCUT2D eigenvalue weighted by atomic mass is 16.2. The Morgan fingerprint density at radius 3 is 2.43 bits per heavy atom. The van der Waals surface area contributed by atoms with Crippen LogP contribution in [0.25, 0.3) is 0 Å². The van der Waals surface area contributed by atoms with E-state index < -0.39 is 0 Å². The van der Waals surface area contributed by atoms with Gasteiger partial charge in [0, 0.05) is 6.54 Å². The van der Waals surface area contributed by atoms with E-state index >= 15 is 0 Å². The number of hydrogen-bond acceptors (Lipinski definition) is 2.